The summed E-state index contributed by atoms with van der Waals surface area (Å²) in [5.74, 6) is 0.354. The third-order valence-corrected chi connectivity index (χ3v) is 4.48. The van der Waals surface area contributed by atoms with Crippen molar-refractivity contribution in [1.82, 2.24) is 5.32 Å². The normalized spacial score (nSPS) is 14.5. The minimum atomic E-state index is -0.242. The van der Waals surface area contributed by atoms with Crippen LogP contribution in [0.2, 0.25) is 0 Å². The lowest BCUT2D eigenvalue weighted by molar-refractivity contribution is -0.118. The van der Waals surface area contributed by atoms with Crippen molar-refractivity contribution in [3.8, 4) is 5.75 Å². The second-order valence-corrected chi connectivity index (χ2v) is 6.54. The predicted molar refractivity (Wildman–Crippen MR) is 101 cm³/mol. The molecule has 2 N–H and O–H groups in total. The van der Waals surface area contributed by atoms with E-state index in [1.54, 1.807) is 36.4 Å². The Morgan fingerprint density at radius 2 is 1.62 bits per heavy atom. The Hall–Kier alpha value is -2.82. The van der Waals surface area contributed by atoms with E-state index in [-0.39, 0.29) is 24.5 Å². The minimum Gasteiger partial charge on any atom is -0.484 e. The molecule has 3 rings (SSSR count). The van der Waals surface area contributed by atoms with Gasteiger partial charge >= 0.3 is 0 Å². The first-order chi connectivity index (χ1) is 12.7. The summed E-state index contributed by atoms with van der Waals surface area (Å²) in [6.45, 7) is -0.0616. The van der Waals surface area contributed by atoms with Gasteiger partial charge in [0, 0.05) is 17.3 Å². The Kier molecular flexibility index (Phi) is 6.25. The van der Waals surface area contributed by atoms with E-state index in [1.807, 2.05) is 18.2 Å². The van der Waals surface area contributed by atoms with Crippen LogP contribution in [0.15, 0.2) is 54.6 Å². The first-order valence-corrected chi connectivity index (χ1v) is 9.09. The zero-order valence-electron chi connectivity index (χ0n) is 14.7. The van der Waals surface area contributed by atoms with Crippen LogP contribution in [0.25, 0.3) is 0 Å². The number of hydrogen-bond acceptors (Lipinski definition) is 3. The number of hydrogen-bond donors (Lipinski definition) is 2. The topological polar surface area (TPSA) is 67.4 Å². The van der Waals surface area contributed by atoms with Crippen LogP contribution >= 0.6 is 0 Å². The molecule has 26 heavy (non-hydrogen) atoms. The fourth-order valence-electron chi connectivity index (χ4n) is 3.08. The number of para-hydroxylation sites is 1. The third-order valence-electron chi connectivity index (χ3n) is 4.48. The number of ether oxygens (including phenoxy) is 1. The van der Waals surface area contributed by atoms with E-state index in [0.29, 0.717) is 17.0 Å². The molecule has 2 amide bonds. The van der Waals surface area contributed by atoms with Crippen molar-refractivity contribution in [1.29, 1.82) is 0 Å². The van der Waals surface area contributed by atoms with Gasteiger partial charge in [0.05, 0.1) is 0 Å². The van der Waals surface area contributed by atoms with Gasteiger partial charge in [0.25, 0.3) is 11.8 Å². The quantitative estimate of drug-likeness (QED) is 0.832. The Balaban J connectivity index is 1.47. The van der Waals surface area contributed by atoms with Gasteiger partial charge in [-0.05, 0) is 49.2 Å². The van der Waals surface area contributed by atoms with Crippen LogP contribution in [0, 0.1) is 0 Å². The van der Waals surface area contributed by atoms with Crippen molar-refractivity contribution in [2.24, 2.45) is 0 Å². The molecule has 136 valence electrons. The molecule has 0 aromatic heterocycles. The van der Waals surface area contributed by atoms with Crippen molar-refractivity contribution >= 4 is 17.5 Å². The van der Waals surface area contributed by atoms with Crippen LogP contribution in [0.3, 0.4) is 0 Å². The second-order valence-electron chi connectivity index (χ2n) is 6.54. The fraction of sp³-hybridized carbons (Fsp3) is 0.333. The summed E-state index contributed by atoms with van der Waals surface area (Å²) in [7, 11) is 0. The molecule has 0 bridgehead atoms. The molecule has 1 saturated carbocycles. The van der Waals surface area contributed by atoms with Gasteiger partial charge in [0.1, 0.15) is 5.75 Å². The van der Waals surface area contributed by atoms with E-state index in [9.17, 15) is 9.59 Å². The molecule has 0 saturated heterocycles. The van der Waals surface area contributed by atoms with Gasteiger partial charge in [-0.1, -0.05) is 37.5 Å². The van der Waals surface area contributed by atoms with Crippen LogP contribution < -0.4 is 15.4 Å². The number of carbonyl (C=O) groups excluding carboxylic acids is 2. The highest BCUT2D eigenvalue weighted by molar-refractivity contribution is 5.96. The molecule has 2 aromatic rings. The molecule has 1 fully saturated rings. The standard InChI is InChI=1S/C21H24N2O3/c24-20(15-26-19-9-5-2-6-10-19)22-18-13-11-16(12-14-18)21(25)23-17-7-3-1-4-8-17/h2,5-6,9-14,17H,1,3-4,7-8,15H2,(H,22,24)(H,23,25). The Bertz CT molecular complexity index is 723. The van der Waals surface area contributed by atoms with Crippen LogP contribution in [0.4, 0.5) is 5.69 Å². The lowest BCUT2D eigenvalue weighted by Gasteiger charge is -2.22. The van der Waals surface area contributed by atoms with E-state index < -0.39 is 0 Å². The largest absolute Gasteiger partial charge is 0.484 e. The lowest BCUT2D eigenvalue weighted by Crippen LogP contribution is -2.36. The molecule has 1 aliphatic carbocycles. The van der Waals surface area contributed by atoms with Crippen molar-refractivity contribution in [3.05, 3.63) is 60.2 Å². The van der Waals surface area contributed by atoms with Crippen molar-refractivity contribution in [2.75, 3.05) is 11.9 Å². The molecule has 2 aromatic carbocycles. The average molecular weight is 352 g/mol. The van der Waals surface area contributed by atoms with Crippen LogP contribution in [-0.2, 0) is 4.79 Å². The fourth-order valence-corrected chi connectivity index (χ4v) is 3.08. The maximum Gasteiger partial charge on any atom is 0.262 e. The number of nitrogens with one attached hydrogen (secondary N) is 2. The maximum absolute atomic E-state index is 12.3. The highest BCUT2D eigenvalue weighted by Gasteiger charge is 2.16. The highest BCUT2D eigenvalue weighted by atomic mass is 16.5. The summed E-state index contributed by atoms with van der Waals surface area (Å²) in [5, 5.41) is 5.85. The van der Waals surface area contributed by atoms with Gasteiger partial charge in [-0.15, -0.1) is 0 Å². The predicted octanol–water partition coefficient (Wildman–Crippen LogP) is 3.77. The molecule has 1 aliphatic rings. The van der Waals surface area contributed by atoms with Gasteiger partial charge in [-0.2, -0.15) is 0 Å². The van der Waals surface area contributed by atoms with Gasteiger partial charge in [0.15, 0.2) is 6.61 Å². The van der Waals surface area contributed by atoms with Crippen LogP contribution in [0.1, 0.15) is 42.5 Å². The monoisotopic (exact) mass is 352 g/mol. The summed E-state index contributed by atoms with van der Waals surface area (Å²) in [6, 6.07) is 16.4. The first kappa shape index (κ1) is 18.0. The molecule has 0 radical (unpaired) electrons. The first-order valence-electron chi connectivity index (χ1n) is 9.09. The average Bonchev–Trinajstić information content (AvgIpc) is 2.68. The molecule has 5 heteroatoms. The number of carbonyl (C=O) groups is 2. The van der Waals surface area contributed by atoms with E-state index >= 15 is 0 Å². The molecule has 5 nitrogen and oxygen atoms in total. The summed E-state index contributed by atoms with van der Waals surface area (Å²) >= 11 is 0. The maximum atomic E-state index is 12.3. The molecule has 0 aliphatic heterocycles. The second kappa shape index (κ2) is 9.04. The summed E-state index contributed by atoms with van der Waals surface area (Å²) in [5.41, 5.74) is 1.25. The Morgan fingerprint density at radius 3 is 2.31 bits per heavy atom. The zero-order valence-corrected chi connectivity index (χ0v) is 14.7. The molecule has 0 unspecified atom stereocenters. The minimum absolute atomic E-state index is 0.0535. The number of anilines is 1. The number of rotatable bonds is 6. The molecule has 0 spiro atoms. The SMILES string of the molecule is O=C(COc1ccccc1)Nc1ccc(C(=O)NC2CCCCC2)cc1. The van der Waals surface area contributed by atoms with Gasteiger partial charge in [0.2, 0.25) is 0 Å². The molecular formula is C21H24N2O3. The zero-order chi connectivity index (χ0) is 18.2. The smallest absolute Gasteiger partial charge is 0.262 e. The van der Waals surface area contributed by atoms with E-state index in [4.69, 9.17) is 4.74 Å². The lowest BCUT2D eigenvalue weighted by atomic mass is 9.95. The van der Waals surface area contributed by atoms with Crippen molar-refractivity contribution in [2.45, 2.75) is 38.1 Å². The van der Waals surface area contributed by atoms with Gasteiger partial charge in [-0.3, -0.25) is 9.59 Å². The van der Waals surface area contributed by atoms with Gasteiger partial charge < -0.3 is 15.4 Å². The summed E-state index contributed by atoms with van der Waals surface area (Å²) in [4.78, 5) is 24.2. The van der Waals surface area contributed by atoms with Crippen molar-refractivity contribution < 1.29 is 14.3 Å². The number of amides is 2. The Morgan fingerprint density at radius 1 is 0.923 bits per heavy atom. The molecule has 0 atom stereocenters. The highest BCUT2D eigenvalue weighted by Crippen LogP contribution is 2.18. The summed E-state index contributed by atoms with van der Waals surface area (Å²) < 4.78 is 5.41. The van der Waals surface area contributed by atoms with E-state index in [0.717, 1.165) is 12.8 Å². The van der Waals surface area contributed by atoms with E-state index in [2.05, 4.69) is 10.6 Å². The molecular weight excluding hydrogens is 328 g/mol. The van der Waals surface area contributed by atoms with Crippen LogP contribution in [-0.4, -0.2) is 24.5 Å². The third kappa shape index (κ3) is 5.34. The van der Waals surface area contributed by atoms with Gasteiger partial charge in [-0.25, -0.2) is 0 Å². The summed E-state index contributed by atoms with van der Waals surface area (Å²) in [6.07, 6.45) is 5.74. The molecule has 0 heterocycles. The van der Waals surface area contributed by atoms with Crippen LogP contribution in [0.5, 0.6) is 5.75 Å². The number of benzene rings is 2. The van der Waals surface area contributed by atoms with Crippen molar-refractivity contribution in [3.63, 3.8) is 0 Å². The van der Waals surface area contributed by atoms with E-state index in [1.165, 1.54) is 19.3 Å². The Labute approximate surface area is 153 Å².